The van der Waals surface area contributed by atoms with Crippen molar-refractivity contribution in [3.63, 3.8) is 0 Å². The summed E-state index contributed by atoms with van der Waals surface area (Å²) in [5.41, 5.74) is 3.72. The highest BCUT2D eigenvalue weighted by Crippen LogP contribution is 2.25. The fourth-order valence-corrected chi connectivity index (χ4v) is 2.94. The third-order valence-corrected chi connectivity index (χ3v) is 4.45. The standard InChI is InChI=1S/C21H22N2O2/c1-15-18(22-20(24)16-9-4-2-5-10-16)13-8-14-19(15)23-21(25)17-11-6-3-7-12-17/h2,4-5,8-11,13-14H,3,6-7,12H2,1H3,(H,22,24)(H,23,25). The third-order valence-electron chi connectivity index (χ3n) is 4.45. The Labute approximate surface area is 148 Å². The van der Waals surface area contributed by atoms with Gasteiger partial charge in [0.05, 0.1) is 0 Å². The Morgan fingerprint density at radius 2 is 1.52 bits per heavy atom. The SMILES string of the molecule is Cc1c(NC(=O)C2=CCCCC2)cccc1NC(=O)c1ccccc1. The molecule has 0 aromatic heterocycles. The number of nitrogens with one attached hydrogen (secondary N) is 2. The normalized spacial score (nSPS) is 13.7. The second-order valence-electron chi connectivity index (χ2n) is 6.23. The highest BCUT2D eigenvalue weighted by Gasteiger charge is 2.15. The molecule has 0 radical (unpaired) electrons. The molecule has 0 saturated heterocycles. The highest BCUT2D eigenvalue weighted by molar-refractivity contribution is 6.07. The third kappa shape index (κ3) is 4.15. The van der Waals surface area contributed by atoms with Crippen LogP contribution < -0.4 is 10.6 Å². The van der Waals surface area contributed by atoms with Gasteiger partial charge < -0.3 is 10.6 Å². The predicted octanol–water partition coefficient (Wildman–Crippen LogP) is 4.69. The lowest BCUT2D eigenvalue weighted by Crippen LogP contribution is -2.18. The summed E-state index contributed by atoms with van der Waals surface area (Å²) in [6.07, 6.45) is 6.03. The number of carbonyl (C=O) groups excluding carboxylic acids is 2. The maximum Gasteiger partial charge on any atom is 0.255 e. The Morgan fingerprint density at radius 1 is 0.840 bits per heavy atom. The summed E-state index contributed by atoms with van der Waals surface area (Å²) in [6, 6.07) is 14.6. The fraction of sp³-hybridized carbons (Fsp3) is 0.238. The van der Waals surface area contributed by atoms with E-state index in [1.165, 1.54) is 0 Å². The van der Waals surface area contributed by atoms with Crippen LogP contribution in [-0.4, -0.2) is 11.8 Å². The molecule has 0 bridgehead atoms. The van der Waals surface area contributed by atoms with E-state index in [1.54, 1.807) is 12.1 Å². The first kappa shape index (κ1) is 17.0. The minimum atomic E-state index is -0.165. The van der Waals surface area contributed by atoms with E-state index in [2.05, 4.69) is 10.6 Å². The molecule has 4 heteroatoms. The van der Waals surface area contributed by atoms with Crippen LogP contribution in [0.1, 0.15) is 41.6 Å². The zero-order valence-corrected chi connectivity index (χ0v) is 14.3. The molecule has 2 N–H and O–H groups in total. The molecule has 0 fully saturated rings. The zero-order valence-electron chi connectivity index (χ0n) is 14.3. The monoisotopic (exact) mass is 334 g/mol. The van der Waals surface area contributed by atoms with E-state index in [1.807, 2.05) is 49.4 Å². The van der Waals surface area contributed by atoms with Gasteiger partial charge in [0.2, 0.25) is 0 Å². The lowest BCUT2D eigenvalue weighted by molar-refractivity contribution is -0.113. The number of anilines is 2. The number of rotatable bonds is 4. The summed E-state index contributed by atoms with van der Waals surface area (Å²) in [5, 5.41) is 5.89. The van der Waals surface area contributed by atoms with Crippen molar-refractivity contribution in [3.8, 4) is 0 Å². The number of hydrogen-bond acceptors (Lipinski definition) is 2. The molecule has 4 nitrogen and oxygen atoms in total. The molecule has 2 amide bonds. The molecular weight excluding hydrogens is 312 g/mol. The summed E-state index contributed by atoms with van der Waals surface area (Å²) in [5.74, 6) is -0.212. The zero-order chi connectivity index (χ0) is 17.6. The molecule has 0 aliphatic heterocycles. The summed E-state index contributed by atoms with van der Waals surface area (Å²) in [7, 11) is 0. The fourth-order valence-electron chi connectivity index (χ4n) is 2.94. The van der Waals surface area contributed by atoms with Gasteiger partial charge in [-0.1, -0.05) is 30.3 Å². The molecular formula is C21H22N2O2. The molecule has 1 aliphatic carbocycles. The van der Waals surface area contributed by atoms with E-state index in [4.69, 9.17) is 0 Å². The Morgan fingerprint density at radius 3 is 2.16 bits per heavy atom. The largest absolute Gasteiger partial charge is 0.322 e. The van der Waals surface area contributed by atoms with Crippen molar-refractivity contribution in [1.29, 1.82) is 0 Å². The number of benzene rings is 2. The lowest BCUT2D eigenvalue weighted by atomic mass is 9.99. The Bertz CT molecular complexity index is 810. The summed E-state index contributed by atoms with van der Waals surface area (Å²) < 4.78 is 0. The first-order chi connectivity index (χ1) is 12.1. The first-order valence-electron chi connectivity index (χ1n) is 8.61. The van der Waals surface area contributed by atoms with Crippen LogP contribution in [0.3, 0.4) is 0 Å². The first-order valence-corrected chi connectivity index (χ1v) is 8.61. The van der Waals surface area contributed by atoms with Crippen LogP contribution in [0.25, 0.3) is 0 Å². The van der Waals surface area contributed by atoms with Gasteiger partial charge >= 0.3 is 0 Å². The van der Waals surface area contributed by atoms with Gasteiger partial charge in [0, 0.05) is 22.5 Å². The van der Waals surface area contributed by atoms with Crippen LogP contribution in [0.2, 0.25) is 0 Å². The minimum absolute atomic E-state index is 0.0469. The van der Waals surface area contributed by atoms with Crippen molar-refractivity contribution in [2.75, 3.05) is 10.6 Å². The average molecular weight is 334 g/mol. The molecule has 2 aromatic rings. The topological polar surface area (TPSA) is 58.2 Å². The van der Waals surface area contributed by atoms with E-state index < -0.39 is 0 Å². The van der Waals surface area contributed by atoms with Crippen LogP contribution in [-0.2, 0) is 4.79 Å². The Hall–Kier alpha value is -2.88. The highest BCUT2D eigenvalue weighted by atomic mass is 16.2. The maximum atomic E-state index is 12.4. The molecule has 128 valence electrons. The molecule has 2 aromatic carbocycles. The van der Waals surface area contributed by atoms with Gasteiger partial charge in [-0.2, -0.15) is 0 Å². The van der Waals surface area contributed by atoms with Gasteiger partial charge in [-0.05, 0) is 62.4 Å². The Kier molecular flexibility index (Phi) is 5.29. The van der Waals surface area contributed by atoms with Gasteiger partial charge in [0.1, 0.15) is 0 Å². The van der Waals surface area contributed by atoms with Gasteiger partial charge in [-0.3, -0.25) is 9.59 Å². The van der Waals surface area contributed by atoms with Crippen LogP contribution in [0.5, 0.6) is 0 Å². The van der Waals surface area contributed by atoms with Crippen LogP contribution in [0, 0.1) is 6.92 Å². The molecule has 25 heavy (non-hydrogen) atoms. The molecule has 0 heterocycles. The van der Waals surface area contributed by atoms with E-state index in [-0.39, 0.29) is 11.8 Å². The van der Waals surface area contributed by atoms with Crippen LogP contribution >= 0.6 is 0 Å². The Balaban J connectivity index is 1.74. The molecule has 0 saturated carbocycles. The lowest BCUT2D eigenvalue weighted by Gasteiger charge is -2.16. The number of allylic oxidation sites excluding steroid dienone is 1. The van der Waals surface area contributed by atoms with Crippen molar-refractivity contribution >= 4 is 23.2 Å². The van der Waals surface area contributed by atoms with Gasteiger partial charge in [0.15, 0.2) is 0 Å². The van der Waals surface area contributed by atoms with Crippen molar-refractivity contribution in [2.45, 2.75) is 32.6 Å². The predicted molar refractivity (Wildman–Crippen MR) is 101 cm³/mol. The summed E-state index contributed by atoms with van der Waals surface area (Å²) in [6.45, 7) is 1.89. The number of hydrogen-bond donors (Lipinski definition) is 2. The average Bonchev–Trinajstić information content (AvgIpc) is 2.66. The molecule has 0 atom stereocenters. The van der Waals surface area contributed by atoms with Gasteiger partial charge in [-0.15, -0.1) is 0 Å². The van der Waals surface area contributed by atoms with Gasteiger partial charge in [0.25, 0.3) is 11.8 Å². The van der Waals surface area contributed by atoms with Gasteiger partial charge in [-0.25, -0.2) is 0 Å². The van der Waals surface area contributed by atoms with E-state index in [9.17, 15) is 9.59 Å². The van der Waals surface area contributed by atoms with Crippen molar-refractivity contribution in [2.24, 2.45) is 0 Å². The molecule has 1 aliphatic rings. The van der Waals surface area contributed by atoms with E-state index in [0.717, 1.165) is 42.5 Å². The van der Waals surface area contributed by atoms with Crippen molar-refractivity contribution in [3.05, 3.63) is 71.3 Å². The van der Waals surface area contributed by atoms with Crippen molar-refractivity contribution < 1.29 is 9.59 Å². The van der Waals surface area contributed by atoms with E-state index in [0.29, 0.717) is 11.3 Å². The maximum absolute atomic E-state index is 12.4. The second kappa shape index (κ2) is 7.79. The summed E-state index contributed by atoms with van der Waals surface area (Å²) >= 11 is 0. The van der Waals surface area contributed by atoms with Crippen LogP contribution in [0.15, 0.2) is 60.2 Å². The minimum Gasteiger partial charge on any atom is -0.322 e. The quantitative estimate of drug-likeness (QED) is 0.852. The molecule has 0 spiro atoms. The van der Waals surface area contributed by atoms with Crippen LogP contribution in [0.4, 0.5) is 11.4 Å². The summed E-state index contributed by atoms with van der Waals surface area (Å²) in [4.78, 5) is 24.7. The smallest absolute Gasteiger partial charge is 0.255 e. The van der Waals surface area contributed by atoms with Crippen molar-refractivity contribution in [1.82, 2.24) is 0 Å². The number of carbonyl (C=O) groups is 2. The molecule has 3 rings (SSSR count). The molecule has 0 unspecified atom stereocenters. The second-order valence-corrected chi connectivity index (χ2v) is 6.23. The van der Waals surface area contributed by atoms with E-state index >= 15 is 0 Å². The number of amides is 2.